The number of ether oxygens (including phenoxy) is 4. The highest BCUT2D eigenvalue weighted by Crippen LogP contribution is 2.39. The number of nitrogens with zero attached hydrogens (tertiary/aromatic N) is 4. The smallest absolute Gasteiger partial charge is 0.488 e. The maximum absolute atomic E-state index is 12.7. The van der Waals surface area contributed by atoms with Crippen molar-refractivity contribution in [2.45, 2.75) is 61.8 Å². The number of carbonyl (C=O) groups is 8. The molecule has 0 saturated heterocycles. The number of fused-ring (bicyclic) bond motifs is 4. The van der Waals surface area contributed by atoms with Gasteiger partial charge in [-0.25, -0.2) is 0 Å². The van der Waals surface area contributed by atoms with Crippen LogP contribution in [0, 0.1) is 0 Å². The van der Waals surface area contributed by atoms with Gasteiger partial charge in [-0.15, -0.1) is 11.6 Å². The molecule has 0 aromatic heterocycles. The number of halogens is 3. The molecule has 24 nitrogen and oxygen atoms in total. The van der Waals surface area contributed by atoms with Crippen molar-refractivity contribution in [3.05, 3.63) is 296 Å². The second kappa shape index (κ2) is 47.9. The Labute approximate surface area is 722 Å². The third-order valence-electron chi connectivity index (χ3n) is 17.7. The first-order chi connectivity index (χ1) is 55.7. The molecule has 0 saturated carbocycles. The number of alkyl halides is 1. The standard InChI is InChI=1S/C25H24N2O4.C22H17NO4.C16H12BrNO3.C8H4BrNO2.C8H9ClO.C6H7BO3.C2H7N.CH4O.4CH4/c1-26(2)15-19-12-17(7-11-23(19)28)18-6-10-22-21(13-18)24(29)25(30)27(22)14-16-4-8-20(31-3)9-5-16;1-27-18-9-2-14(3-10-18)13-23-20-11-6-16(12-19(20)21(25)22(23)26)15-4-7-17(24)8-5-15;1-21-12-5-2-10(3-6-12)9-18-14-7-4-11(17)8-13(14)15(19)16(18)20;9-4-1-2-6-5(3-4)7(11)8(12)10-6;1-10-8-4-2-7(6-9)3-5-8;8-6-3-1-5(2-4-6)7(9)10;1-3-2;1-2;;;;/h4-13,28H,14-15H2,1-3H3;2-12,24H,13H2,1H3;2-8H,9H2,1H3;1-3H,(H,10,11,12);2-5H,6H2,1H3;1-4,8-10H;3H,1-2H3;2H,1H3;4*1H4. The molecule has 4 aliphatic rings. The van der Waals surface area contributed by atoms with E-state index >= 15 is 0 Å². The van der Waals surface area contributed by atoms with Crippen LogP contribution in [-0.2, 0) is 51.2 Å². The molecule has 0 spiro atoms. The number of methoxy groups -OCH3 is 4. The van der Waals surface area contributed by atoms with Crippen LogP contribution in [0.5, 0.6) is 40.2 Å². The van der Waals surface area contributed by atoms with Crippen LogP contribution in [0.3, 0.4) is 0 Å². The summed E-state index contributed by atoms with van der Waals surface area (Å²) < 4.78 is 22.0. The van der Waals surface area contributed by atoms with E-state index in [1.54, 1.807) is 107 Å². The molecule has 28 heteroatoms. The summed E-state index contributed by atoms with van der Waals surface area (Å²) in [4.78, 5) is 103. The van der Waals surface area contributed by atoms with Gasteiger partial charge in [-0.3, -0.25) is 38.4 Å². The Morgan fingerprint density at radius 2 is 0.725 bits per heavy atom. The second-order valence-corrected chi connectivity index (χ2v) is 28.0. The number of benzene rings is 11. The highest BCUT2D eigenvalue weighted by molar-refractivity contribution is 9.10. The van der Waals surface area contributed by atoms with Crippen molar-refractivity contribution in [2.24, 2.45) is 0 Å². The Bertz CT molecular complexity index is 5270. The maximum Gasteiger partial charge on any atom is 0.488 e. The number of nitrogens with one attached hydrogen (secondary N) is 2. The lowest BCUT2D eigenvalue weighted by Gasteiger charge is -2.17. The van der Waals surface area contributed by atoms with Crippen LogP contribution >= 0.6 is 43.5 Å². The molecule has 4 heterocycles. The number of hydrogen-bond donors (Lipinski definition) is 8. The molecule has 0 unspecified atom stereocenters. The molecule has 4 amide bonds. The predicted molar refractivity (Wildman–Crippen MR) is 482 cm³/mol. The van der Waals surface area contributed by atoms with Gasteiger partial charge in [0.1, 0.15) is 40.2 Å². The van der Waals surface area contributed by atoms with E-state index in [1.807, 2.05) is 167 Å². The summed E-state index contributed by atoms with van der Waals surface area (Å²) in [6, 6.07) is 69.0. The van der Waals surface area contributed by atoms with Gasteiger partial charge in [0.05, 0.1) is 93.1 Å². The number of rotatable bonds is 16. The van der Waals surface area contributed by atoms with Crippen LogP contribution in [0.4, 0.5) is 22.7 Å². The van der Waals surface area contributed by atoms with Crippen LogP contribution in [0.2, 0.25) is 0 Å². The van der Waals surface area contributed by atoms with Crippen molar-refractivity contribution < 1.29 is 87.8 Å². The fraction of sp³-hybridized carbons (Fsp3) is 0.196. The maximum atomic E-state index is 12.7. The van der Waals surface area contributed by atoms with Crippen molar-refractivity contribution in [3.63, 3.8) is 0 Å². The predicted octanol–water partition coefficient (Wildman–Crippen LogP) is 15.9. The normalized spacial score (nSPS) is 11.9. The number of Topliss-reactive ketones (excluding diaryl/α,β-unsaturated/α-hetero) is 4. The summed E-state index contributed by atoms with van der Waals surface area (Å²) >= 11 is 12.1. The first kappa shape index (κ1) is 100. The lowest BCUT2D eigenvalue weighted by atomic mass is 9.80. The van der Waals surface area contributed by atoms with E-state index in [9.17, 15) is 48.6 Å². The number of carbonyl (C=O) groups excluding carboxylic acids is 8. The molecule has 11 aromatic rings. The molecule has 0 aliphatic carbocycles. The lowest BCUT2D eigenvalue weighted by molar-refractivity contribution is -0.115. The Morgan fingerprint density at radius 3 is 1.09 bits per heavy atom. The first-order valence-electron chi connectivity index (χ1n) is 35.5. The number of aromatic hydroxyl groups is 3. The van der Waals surface area contributed by atoms with E-state index in [0.717, 1.165) is 89.1 Å². The summed E-state index contributed by atoms with van der Waals surface area (Å²) in [5.41, 5.74) is 12.6. The molecule has 630 valence electrons. The van der Waals surface area contributed by atoms with Crippen molar-refractivity contribution in [1.29, 1.82) is 0 Å². The van der Waals surface area contributed by atoms with Crippen LogP contribution < -0.4 is 49.7 Å². The Morgan fingerprint density at radius 1 is 0.408 bits per heavy atom. The number of amides is 4. The Hall–Kier alpha value is -12.3. The highest BCUT2D eigenvalue weighted by atomic mass is 79.9. The number of aliphatic hydroxyl groups is 1. The minimum Gasteiger partial charge on any atom is -0.508 e. The molecule has 0 fully saturated rings. The van der Waals surface area contributed by atoms with E-state index in [0.29, 0.717) is 82.5 Å². The third-order valence-corrected chi connectivity index (χ3v) is 19.0. The van der Waals surface area contributed by atoms with Crippen molar-refractivity contribution in [2.75, 3.05) is 83.8 Å². The van der Waals surface area contributed by atoms with Gasteiger partial charge in [0.15, 0.2) is 0 Å². The monoisotopic (exact) mass is 1780 g/mol. The van der Waals surface area contributed by atoms with Gasteiger partial charge in [-0.1, -0.05) is 153 Å². The molecule has 0 radical (unpaired) electrons. The average Bonchev–Trinajstić information content (AvgIpc) is 1.60. The van der Waals surface area contributed by atoms with E-state index < -0.39 is 53.9 Å². The zero-order valence-electron chi connectivity index (χ0n) is 64.6. The van der Waals surface area contributed by atoms with E-state index in [-0.39, 0.29) is 47.0 Å². The van der Waals surface area contributed by atoms with Gasteiger partial charge < -0.3 is 79.7 Å². The molecular formula is C92H100BBr2ClN6O18. The lowest BCUT2D eigenvalue weighted by Crippen LogP contribution is -2.29. The van der Waals surface area contributed by atoms with Gasteiger partial charge >= 0.3 is 7.12 Å². The number of aliphatic hydroxyl groups excluding tert-OH is 1. The summed E-state index contributed by atoms with van der Waals surface area (Å²) in [5.74, 6) is 0.166. The van der Waals surface area contributed by atoms with Crippen LogP contribution in [0.1, 0.15) is 99.0 Å². The van der Waals surface area contributed by atoms with Crippen molar-refractivity contribution in [3.8, 4) is 62.5 Å². The molecule has 11 aromatic carbocycles. The van der Waals surface area contributed by atoms with Crippen LogP contribution in [0.15, 0.2) is 246 Å². The van der Waals surface area contributed by atoms with E-state index in [2.05, 4.69) is 42.5 Å². The molecule has 120 heavy (non-hydrogen) atoms. The highest BCUT2D eigenvalue weighted by Gasteiger charge is 2.39. The first-order valence-corrected chi connectivity index (χ1v) is 37.7. The van der Waals surface area contributed by atoms with E-state index in [4.69, 9.17) is 50.8 Å². The van der Waals surface area contributed by atoms with Crippen molar-refractivity contribution in [1.82, 2.24) is 10.2 Å². The van der Waals surface area contributed by atoms with Gasteiger partial charge in [-0.2, -0.15) is 0 Å². The molecule has 15 rings (SSSR count). The minimum absolute atomic E-state index is 0. The van der Waals surface area contributed by atoms with Crippen molar-refractivity contribution >= 4 is 126 Å². The zero-order valence-corrected chi connectivity index (χ0v) is 68.6. The van der Waals surface area contributed by atoms with Gasteiger partial charge in [-0.05, 0) is 224 Å². The largest absolute Gasteiger partial charge is 0.508 e. The van der Waals surface area contributed by atoms with Gasteiger partial charge in [0, 0.05) is 34.0 Å². The number of hydrogen-bond acceptors (Lipinski definition) is 20. The average molecular weight is 1780 g/mol. The molecular weight excluding hydrogens is 1680 g/mol. The van der Waals surface area contributed by atoms with Gasteiger partial charge in [0.25, 0.3) is 46.8 Å². The third kappa shape index (κ3) is 26.1. The number of anilines is 4. The quantitative estimate of drug-likeness (QED) is 0.0253. The van der Waals surface area contributed by atoms with E-state index in [1.165, 1.54) is 39.0 Å². The summed E-state index contributed by atoms with van der Waals surface area (Å²) in [6.45, 7) is 1.59. The zero-order chi connectivity index (χ0) is 84.4. The van der Waals surface area contributed by atoms with Gasteiger partial charge in [0.2, 0.25) is 0 Å². The number of phenols is 3. The summed E-state index contributed by atoms with van der Waals surface area (Å²) in [6.07, 6.45) is 0. The summed E-state index contributed by atoms with van der Waals surface area (Å²) in [7, 11) is 13.6. The molecule has 4 aliphatic heterocycles. The second-order valence-electron chi connectivity index (χ2n) is 25.9. The van der Waals surface area contributed by atoms with Crippen LogP contribution in [-0.4, -0.2) is 153 Å². The number of ketones is 4. The Kier molecular flexibility index (Phi) is 40.0. The van der Waals surface area contributed by atoms with Crippen LogP contribution in [0.25, 0.3) is 22.3 Å². The topological polar surface area (TPSA) is 332 Å². The number of phenolic OH excluding ortho intramolecular Hbond substituents is 3. The molecule has 8 N–H and O–H groups in total. The summed E-state index contributed by atoms with van der Waals surface area (Å²) in [5, 5.41) is 57.7. The minimum atomic E-state index is -1.46. The Balaban J connectivity index is 0.000000311. The molecule has 0 atom stereocenters. The SMILES string of the molecule is C.C.C.C.CNC.CO.COc1ccc(CCl)cc1.COc1ccc(CN2C(=O)C(=O)c3cc(-c4ccc(O)c(CN(C)C)c4)ccc32)cc1.COc1ccc(CN2C(=O)C(=O)c3cc(-c4ccc(O)cc4)ccc32)cc1.COc1ccc(CN2C(=O)C(=O)c3cc(Br)ccc32)cc1.O=C1Nc2ccc(Br)cc2C1=O.OB(O)c1ccc(O)cc1. The molecule has 0 bridgehead atoms. The fourth-order valence-corrected chi connectivity index (χ4v) is 12.7. The fourth-order valence-electron chi connectivity index (χ4n) is 11.8.